The highest BCUT2D eigenvalue weighted by Crippen LogP contribution is 2.51. The third kappa shape index (κ3) is 6.28. The molecule has 1 aliphatic rings. The van der Waals surface area contributed by atoms with E-state index >= 15 is 0 Å². The van der Waals surface area contributed by atoms with Gasteiger partial charge in [-0.3, -0.25) is 18.4 Å². The molecule has 1 aliphatic heterocycles. The van der Waals surface area contributed by atoms with Crippen LogP contribution in [0.25, 0.3) is 0 Å². The highest BCUT2D eigenvalue weighted by molar-refractivity contribution is 8.13. The number of thioether (sulfide) groups is 2. The molecular weight excluding hydrogens is 434 g/mol. The average Bonchev–Trinajstić information content (AvgIpc) is 3.08. The minimum absolute atomic E-state index is 0.0603. The first-order valence-corrected chi connectivity index (χ1v) is 11.7. The Morgan fingerprint density at radius 1 is 1.57 bits per heavy atom. The molecule has 2 rings (SSSR count). The van der Waals surface area contributed by atoms with Gasteiger partial charge in [0.25, 0.3) is 0 Å². The van der Waals surface area contributed by atoms with Gasteiger partial charge in [0.2, 0.25) is 0 Å². The standard InChI is InChI=1S/C14H22FN4O6PS2/c1-9(20)27-5-4-23-26(22,18(2)3)24-7-12-25-11(8-28-12)19-6-10(15)13(16)17-14(19)21/h6,11-12H,4-5,7-8H2,1-3H3,(H2,16,17,21)/t11-,12+,26?/m0/s1. The topological polar surface area (TPSA) is 126 Å². The summed E-state index contributed by atoms with van der Waals surface area (Å²) >= 11 is 2.38. The lowest BCUT2D eigenvalue weighted by atomic mass is 10.5. The van der Waals surface area contributed by atoms with Crippen LogP contribution in [0.4, 0.5) is 10.2 Å². The molecule has 0 spiro atoms. The fraction of sp³-hybridized carbons (Fsp3) is 0.643. The minimum atomic E-state index is -3.56. The number of carbonyl (C=O) groups excluding carboxylic acids is 1. The summed E-state index contributed by atoms with van der Waals surface area (Å²) in [7, 11) is -0.465. The van der Waals surface area contributed by atoms with Crippen molar-refractivity contribution in [1.82, 2.24) is 14.2 Å². The van der Waals surface area contributed by atoms with Gasteiger partial charge in [-0.15, -0.1) is 11.8 Å². The molecule has 0 aromatic carbocycles. The van der Waals surface area contributed by atoms with Gasteiger partial charge in [0.1, 0.15) is 11.7 Å². The third-order valence-corrected chi connectivity index (χ3v) is 7.32. The Kier molecular flexibility index (Phi) is 8.49. The van der Waals surface area contributed by atoms with E-state index in [0.29, 0.717) is 11.5 Å². The zero-order valence-corrected chi connectivity index (χ0v) is 18.1. The van der Waals surface area contributed by atoms with E-state index in [-0.39, 0.29) is 18.3 Å². The fourth-order valence-corrected chi connectivity index (χ4v) is 4.95. The van der Waals surface area contributed by atoms with Crippen LogP contribution in [0.2, 0.25) is 0 Å². The number of anilines is 1. The van der Waals surface area contributed by atoms with Crippen molar-refractivity contribution in [1.29, 1.82) is 0 Å². The largest absolute Gasteiger partial charge is 0.407 e. The quantitative estimate of drug-likeness (QED) is 0.429. The molecule has 14 heteroatoms. The fourth-order valence-electron chi connectivity index (χ4n) is 2.10. The van der Waals surface area contributed by atoms with Gasteiger partial charge in [-0.05, 0) is 14.1 Å². The van der Waals surface area contributed by atoms with Crippen molar-refractivity contribution in [3.05, 3.63) is 22.5 Å². The van der Waals surface area contributed by atoms with Gasteiger partial charge >= 0.3 is 13.4 Å². The Balaban J connectivity index is 1.91. The number of hydrogen-bond acceptors (Lipinski definition) is 10. The lowest BCUT2D eigenvalue weighted by Crippen LogP contribution is -2.30. The molecule has 0 aliphatic carbocycles. The third-order valence-electron chi connectivity index (χ3n) is 3.48. The van der Waals surface area contributed by atoms with Crippen LogP contribution in [0.15, 0.2) is 11.0 Å². The Bertz CT molecular complexity index is 811. The van der Waals surface area contributed by atoms with Crippen molar-refractivity contribution < 1.29 is 27.5 Å². The van der Waals surface area contributed by atoms with E-state index in [4.69, 9.17) is 19.5 Å². The summed E-state index contributed by atoms with van der Waals surface area (Å²) in [5.41, 5.74) is 4.00. The second-order valence-electron chi connectivity index (χ2n) is 5.80. The monoisotopic (exact) mass is 456 g/mol. The summed E-state index contributed by atoms with van der Waals surface area (Å²) in [4.78, 5) is 26.2. The zero-order chi connectivity index (χ0) is 20.9. The number of nitrogen functional groups attached to an aromatic ring is 1. The highest BCUT2D eigenvalue weighted by atomic mass is 32.2. The van der Waals surface area contributed by atoms with Crippen LogP contribution in [0, 0.1) is 5.82 Å². The van der Waals surface area contributed by atoms with Gasteiger partial charge in [0.05, 0.1) is 19.4 Å². The van der Waals surface area contributed by atoms with Crippen LogP contribution in [0.1, 0.15) is 13.2 Å². The molecule has 0 saturated carbocycles. The number of nitrogens with two attached hydrogens (primary N) is 1. The second kappa shape index (κ2) is 10.2. The molecule has 1 aromatic heterocycles. The molecule has 0 bridgehead atoms. The Labute approximate surface area is 169 Å². The van der Waals surface area contributed by atoms with Gasteiger partial charge in [-0.25, -0.2) is 18.4 Å². The van der Waals surface area contributed by atoms with E-state index in [9.17, 15) is 18.5 Å². The Morgan fingerprint density at radius 3 is 2.93 bits per heavy atom. The number of rotatable bonds is 9. The molecule has 1 saturated heterocycles. The average molecular weight is 456 g/mol. The summed E-state index contributed by atoms with van der Waals surface area (Å²) < 4.78 is 45.2. The molecule has 1 aromatic rings. The van der Waals surface area contributed by atoms with E-state index < -0.39 is 36.7 Å². The molecule has 0 amide bonds. The molecule has 2 N–H and O–H groups in total. The Morgan fingerprint density at radius 2 is 2.29 bits per heavy atom. The number of ether oxygens (including phenoxy) is 1. The highest BCUT2D eigenvalue weighted by Gasteiger charge is 2.34. The lowest BCUT2D eigenvalue weighted by Gasteiger charge is -2.24. The maximum Gasteiger partial charge on any atom is 0.407 e. The van der Waals surface area contributed by atoms with Crippen LogP contribution >= 0.6 is 31.3 Å². The van der Waals surface area contributed by atoms with Crippen molar-refractivity contribution >= 4 is 42.2 Å². The Hall–Kier alpha value is -0.950. The van der Waals surface area contributed by atoms with Crippen molar-refractivity contribution in [2.75, 3.05) is 44.5 Å². The number of hydrogen-bond donors (Lipinski definition) is 1. The SMILES string of the molecule is CC(=O)SCCOP(=O)(OC[C@@H]1O[C@H](n2cc(F)c(N)nc2=O)CS1)N(C)C. The van der Waals surface area contributed by atoms with E-state index in [2.05, 4.69) is 4.98 Å². The van der Waals surface area contributed by atoms with Crippen molar-refractivity contribution in [3.8, 4) is 0 Å². The van der Waals surface area contributed by atoms with Crippen LogP contribution < -0.4 is 11.4 Å². The molecule has 1 unspecified atom stereocenters. The van der Waals surface area contributed by atoms with Crippen molar-refractivity contribution in [2.45, 2.75) is 18.6 Å². The van der Waals surface area contributed by atoms with E-state index in [0.717, 1.165) is 22.5 Å². The number of aromatic nitrogens is 2. The van der Waals surface area contributed by atoms with Gasteiger partial charge in [0, 0.05) is 18.4 Å². The summed E-state index contributed by atoms with van der Waals surface area (Å²) in [6.45, 7) is 1.44. The maximum absolute atomic E-state index is 13.6. The van der Waals surface area contributed by atoms with E-state index in [1.54, 1.807) is 14.1 Å². The van der Waals surface area contributed by atoms with E-state index in [1.807, 2.05) is 0 Å². The molecule has 1 fully saturated rings. The summed E-state index contributed by atoms with van der Waals surface area (Å²) in [5.74, 6) is -0.589. The van der Waals surface area contributed by atoms with Crippen LogP contribution in [-0.2, 0) is 23.1 Å². The second-order valence-corrected chi connectivity index (χ2v) is 10.5. The van der Waals surface area contributed by atoms with E-state index in [1.165, 1.54) is 23.4 Å². The van der Waals surface area contributed by atoms with Crippen LogP contribution in [-0.4, -0.2) is 63.6 Å². The smallest absolute Gasteiger partial charge is 0.381 e. The molecule has 28 heavy (non-hydrogen) atoms. The van der Waals surface area contributed by atoms with Crippen molar-refractivity contribution in [2.24, 2.45) is 0 Å². The molecule has 2 heterocycles. The minimum Gasteiger partial charge on any atom is -0.381 e. The molecule has 10 nitrogen and oxygen atoms in total. The maximum atomic E-state index is 13.6. The van der Waals surface area contributed by atoms with Gasteiger partial charge in [-0.2, -0.15) is 4.98 Å². The molecule has 3 atom stereocenters. The summed E-state index contributed by atoms with van der Waals surface area (Å²) in [6, 6.07) is 0. The molecule has 158 valence electrons. The van der Waals surface area contributed by atoms with Gasteiger partial charge in [0.15, 0.2) is 16.8 Å². The first-order chi connectivity index (χ1) is 13.1. The first-order valence-electron chi connectivity index (χ1n) is 8.14. The van der Waals surface area contributed by atoms with Crippen molar-refractivity contribution in [3.63, 3.8) is 0 Å². The molecular formula is C14H22FN4O6PS2. The lowest BCUT2D eigenvalue weighted by molar-refractivity contribution is -0.109. The number of carbonyl (C=O) groups is 1. The number of halogens is 1. The van der Waals surface area contributed by atoms with Crippen LogP contribution in [0.5, 0.6) is 0 Å². The summed E-state index contributed by atoms with van der Waals surface area (Å²) in [5, 5.41) is -0.0603. The predicted octanol–water partition coefficient (Wildman–Crippen LogP) is 1.54. The molecule has 0 radical (unpaired) electrons. The van der Waals surface area contributed by atoms with Crippen LogP contribution in [0.3, 0.4) is 0 Å². The number of nitrogens with zero attached hydrogens (tertiary/aromatic N) is 3. The normalized spacial score (nSPS) is 21.8. The first kappa shape index (κ1) is 23.3. The zero-order valence-electron chi connectivity index (χ0n) is 15.6. The van der Waals surface area contributed by atoms with Gasteiger partial charge in [-0.1, -0.05) is 11.8 Å². The van der Waals surface area contributed by atoms with Gasteiger partial charge < -0.3 is 10.5 Å². The summed E-state index contributed by atoms with van der Waals surface area (Å²) in [6.07, 6.45) is 0.194. The predicted molar refractivity (Wildman–Crippen MR) is 106 cm³/mol.